The van der Waals surface area contributed by atoms with Crippen LogP contribution in [0.25, 0.3) is 0 Å². The lowest BCUT2D eigenvalue weighted by atomic mass is 9.36. The van der Waals surface area contributed by atoms with Gasteiger partial charge < -0.3 is 18.9 Å². The first-order chi connectivity index (χ1) is 15.3. The van der Waals surface area contributed by atoms with Crippen molar-refractivity contribution in [3.05, 3.63) is 24.3 Å². The molecule has 0 bridgehead atoms. The zero-order valence-corrected chi connectivity index (χ0v) is 19.8. The highest BCUT2D eigenvalue weighted by Crippen LogP contribution is 2.37. The Morgan fingerprint density at radius 1 is 0.935 bits per heavy atom. The molecule has 1 aromatic rings. The molecule has 1 heterocycles. The third-order valence-electron chi connectivity index (χ3n) is 4.54. The lowest BCUT2D eigenvalue weighted by Crippen LogP contribution is -2.32. The predicted molar refractivity (Wildman–Crippen MR) is 129 cm³/mol. The molecule has 1 fully saturated rings. The Morgan fingerprint density at radius 3 is 2.16 bits per heavy atom. The van der Waals surface area contributed by atoms with Gasteiger partial charge in [0.15, 0.2) is 0 Å². The van der Waals surface area contributed by atoms with Crippen LogP contribution in [-0.4, -0.2) is 58.2 Å². The predicted octanol–water partition coefficient (Wildman–Crippen LogP) is 4.98. The molecule has 31 heavy (non-hydrogen) atoms. The summed E-state index contributed by atoms with van der Waals surface area (Å²) in [4.78, 5) is 1.24. The van der Waals surface area contributed by atoms with Gasteiger partial charge in [-0.25, -0.2) is 5.26 Å². The fourth-order valence-corrected chi connectivity index (χ4v) is 4.17. The van der Waals surface area contributed by atoms with Gasteiger partial charge in [-0.1, -0.05) is 19.8 Å². The highest BCUT2D eigenvalue weighted by molar-refractivity contribution is 8.00. The Bertz CT molecular complexity index is 638. The largest absolute Gasteiger partial charge is 0.491 e. The van der Waals surface area contributed by atoms with Gasteiger partial charge in [0.1, 0.15) is 19.0 Å². The summed E-state index contributed by atoms with van der Waals surface area (Å²) < 4.78 is 21.9. The summed E-state index contributed by atoms with van der Waals surface area (Å²) in [5, 5.41) is 9.41. The minimum atomic E-state index is 0.257. The van der Waals surface area contributed by atoms with Crippen molar-refractivity contribution in [3.63, 3.8) is 0 Å². The number of hydrogen-bond acceptors (Lipinski definition) is 6. The number of hydrogen-bond donors (Lipinski definition) is 0. The van der Waals surface area contributed by atoms with Gasteiger partial charge >= 0.3 is 0 Å². The molecule has 0 saturated carbocycles. The van der Waals surface area contributed by atoms with E-state index in [0.29, 0.717) is 38.3 Å². The second-order valence-electron chi connectivity index (χ2n) is 6.90. The zero-order chi connectivity index (χ0) is 22.6. The lowest BCUT2D eigenvalue weighted by Gasteiger charge is -2.27. The molecule has 7 heteroatoms. The highest BCUT2D eigenvalue weighted by Gasteiger charge is 2.33. The van der Waals surface area contributed by atoms with Crippen molar-refractivity contribution in [1.29, 1.82) is 5.26 Å². The number of ether oxygens (including phenoxy) is 4. The van der Waals surface area contributed by atoms with E-state index in [-0.39, 0.29) is 6.71 Å². The van der Waals surface area contributed by atoms with Crippen molar-refractivity contribution < 1.29 is 18.9 Å². The number of thioether (sulfide) groups is 1. The Hall–Kier alpha value is -1.64. The molecule has 1 aromatic carbocycles. The van der Waals surface area contributed by atoms with Crippen LogP contribution < -0.4 is 4.74 Å². The van der Waals surface area contributed by atoms with Crippen LogP contribution in [0.3, 0.4) is 0 Å². The fourth-order valence-electron chi connectivity index (χ4n) is 2.83. The third-order valence-corrected chi connectivity index (χ3v) is 5.80. The van der Waals surface area contributed by atoms with Crippen molar-refractivity contribution in [2.75, 3.05) is 46.2 Å². The SMILES string of the molecule is C#CCOCCOCCCCCOCCOc1ccc(SC2CB(C#N)C2)cc1.CC. The Balaban J connectivity index is 0.00000233. The Kier molecular flexibility index (Phi) is 16.9. The first-order valence-corrected chi connectivity index (χ1v) is 12.2. The van der Waals surface area contributed by atoms with Crippen LogP contribution in [0.15, 0.2) is 29.2 Å². The molecule has 0 radical (unpaired) electrons. The van der Waals surface area contributed by atoms with E-state index < -0.39 is 0 Å². The molecule has 0 unspecified atom stereocenters. The van der Waals surface area contributed by atoms with Crippen molar-refractivity contribution in [3.8, 4) is 24.1 Å². The van der Waals surface area contributed by atoms with Crippen molar-refractivity contribution in [2.24, 2.45) is 0 Å². The maximum atomic E-state index is 8.83. The molecule has 1 aliphatic rings. The number of benzene rings is 1. The summed E-state index contributed by atoms with van der Waals surface area (Å²) >= 11 is 1.85. The Labute approximate surface area is 193 Å². The van der Waals surface area contributed by atoms with Crippen molar-refractivity contribution in [2.45, 2.75) is 55.9 Å². The molecule has 170 valence electrons. The zero-order valence-electron chi connectivity index (χ0n) is 19.0. The van der Waals surface area contributed by atoms with Crippen molar-refractivity contribution >= 4 is 18.5 Å². The highest BCUT2D eigenvalue weighted by atomic mass is 32.2. The quantitative estimate of drug-likeness (QED) is 0.203. The summed E-state index contributed by atoms with van der Waals surface area (Å²) in [5.74, 6) is 5.61. The molecule has 2 rings (SSSR count). The van der Waals surface area contributed by atoms with Gasteiger partial charge in [0.05, 0.1) is 19.8 Å². The molecule has 0 spiro atoms. The molecular formula is C24H36BNO4S. The molecular weight excluding hydrogens is 409 g/mol. The topological polar surface area (TPSA) is 60.7 Å². The molecule has 0 amide bonds. The van der Waals surface area contributed by atoms with Crippen LogP contribution in [-0.2, 0) is 14.2 Å². The average molecular weight is 445 g/mol. The van der Waals surface area contributed by atoms with E-state index in [1.807, 2.05) is 37.7 Å². The first kappa shape index (κ1) is 27.4. The van der Waals surface area contributed by atoms with Gasteiger partial charge in [-0.2, -0.15) is 0 Å². The number of terminal acetylenes is 1. The van der Waals surface area contributed by atoms with Gasteiger partial charge in [-0.3, -0.25) is 0 Å². The summed E-state index contributed by atoms with van der Waals surface area (Å²) in [7, 11) is 0. The monoisotopic (exact) mass is 445 g/mol. The maximum Gasteiger partial charge on any atom is 0.270 e. The van der Waals surface area contributed by atoms with Gasteiger partial charge in [-0.15, -0.1) is 18.2 Å². The lowest BCUT2D eigenvalue weighted by molar-refractivity contribution is 0.0564. The summed E-state index contributed by atoms with van der Waals surface area (Å²) in [6, 6.07) is 8.18. The van der Waals surface area contributed by atoms with E-state index in [4.69, 9.17) is 30.6 Å². The number of rotatable bonds is 16. The smallest absolute Gasteiger partial charge is 0.270 e. The third kappa shape index (κ3) is 13.4. The van der Waals surface area contributed by atoms with Crippen LogP contribution in [0, 0.1) is 23.6 Å². The van der Waals surface area contributed by atoms with E-state index in [1.165, 1.54) is 4.90 Å². The average Bonchev–Trinajstić information content (AvgIpc) is 2.78. The van der Waals surface area contributed by atoms with Gasteiger partial charge in [-0.05, 0) is 61.4 Å². The molecule has 0 aromatic heterocycles. The van der Waals surface area contributed by atoms with Gasteiger partial charge in [0.25, 0.3) is 6.71 Å². The maximum absolute atomic E-state index is 8.83. The van der Waals surface area contributed by atoms with E-state index in [9.17, 15) is 0 Å². The normalized spacial score (nSPS) is 12.8. The minimum Gasteiger partial charge on any atom is -0.491 e. The van der Waals surface area contributed by atoms with E-state index in [2.05, 4.69) is 24.0 Å². The summed E-state index contributed by atoms with van der Waals surface area (Å²) in [5.41, 5.74) is 0. The summed E-state index contributed by atoms with van der Waals surface area (Å²) in [6.45, 7) is 8.39. The van der Waals surface area contributed by atoms with E-state index in [0.717, 1.165) is 50.9 Å². The van der Waals surface area contributed by atoms with Gasteiger partial charge in [0, 0.05) is 24.1 Å². The van der Waals surface area contributed by atoms with Crippen LogP contribution in [0.4, 0.5) is 0 Å². The standard InChI is InChI=1S/C22H30BNO4S.C2H6/c1-2-10-25-13-14-26-11-4-3-5-12-27-15-16-28-20-6-8-21(9-7-20)29-22-17-23(18-22)19-24;1-2/h1,6-9,22H,3-5,10-18H2;1-2H3. The molecule has 1 aliphatic heterocycles. The molecule has 5 nitrogen and oxygen atoms in total. The molecule has 1 saturated heterocycles. The van der Waals surface area contributed by atoms with Gasteiger partial charge in [0.2, 0.25) is 0 Å². The van der Waals surface area contributed by atoms with Crippen LogP contribution in [0.2, 0.25) is 12.6 Å². The van der Waals surface area contributed by atoms with Crippen LogP contribution in [0.1, 0.15) is 33.1 Å². The number of unbranched alkanes of at least 4 members (excludes halogenated alkanes) is 2. The molecule has 0 N–H and O–H groups in total. The summed E-state index contributed by atoms with van der Waals surface area (Å²) in [6.07, 6.45) is 10.2. The second-order valence-corrected chi connectivity index (χ2v) is 8.27. The van der Waals surface area contributed by atoms with Crippen LogP contribution in [0.5, 0.6) is 5.75 Å². The minimum absolute atomic E-state index is 0.257. The van der Waals surface area contributed by atoms with E-state index >= 15 is 0 Å². The van der Waals surface area contributed by atoms with Crippen LogP contribution >= 0.6 is 11.8 Å². The number of nitrogens with zero attached hydrogens (tertiary/aromatic N) is 1. The Morgan fingerprint density at radius 2 is 1.55 bits per heavy atom. The fraction of sp³-hybridized carbons (Fsp3) is 0.625. The van der Waals surface area contributed by atoms with Crippen molar-refractivity contribution in [1.82, 2.24) is 0 Å². The number of nitriles is 1. The first-order valence-electron chi connectivity index (χ1n) is 11.3. The molecule has 0 aliphatic carbocycles. The second kappa shape index (κ2) is 19.1. The molecule has 0 atom stereocenters. The van der Waals surface area contributed by atoms with E-state index in [1.54, 1.807) is 0 Å².